The van der Waals surface area contributed by atoms with Crippen LogP contribution < -0.4 is 20.1 Å². The van der Waals surface area contributed by atoms with Crippen molar-refractivity contribution < 1.29 is 19.1 Å². The average molecular weight is 417 g/mol. The molecule has 2 aromatic rings. The van der Waals surface area contributed by atoms with Crippen molar-refractivity contribution in [3.8, 4) is 11.5 Å². The molecule has 10 heteroatoms. The van der Waals surface area contributed by atoms with E-state index >= 15 is 0 Å². The van der Waals surface area contributed by atoms with Crippen LogP contribution in [0.2, 0.25) is 0 Å². The standard InChI is InChI=1S/C19H23N5O4S/c1-23-4-6-24(7-5-23)19(26)22-18-21-14(12-29-18)11-17(25)20-13-2-3-15-16(10-13)28-9-8-27-15/h2-3,10,12H,4-9,11H2,1H3,(H,20,25)(H,21,22,26). The number of benzene rings is 1. The van der Waals surface area contributed by atoms with E-state index in [-0.39, 0.29) is 18.4 Å². The van der Waals surface area contributed by atoms with Crippen molar-refractivity contribution in [3.05, 3.63) is 29.3 Å². The Morgan fingerprint density at radius 1 is 1.10 bits per heavy atom. The van der Waals surface area contributed by atoms with Crippen molar-refractivity contribution in [2.45, 2.75) is 6.42 Å². The number of amides is 3. The number of nitrogens with zero attached hydrogens (tertiary/aromatic N) is 3. The molecule has 0 saturated carbocycles. The third-order valence-corrected chi connectivity index (χ3v) is 5.53. The Kier molecular flexibility index (Phi) is 5.81. The van der Waals surface area contributed by atoms with Crippen LogP contribution in [-0.2, 0) is 11.2 Å². The monoisotopic (exact) mass is 417 g/mol. The first-order chi connectivity index (χ1) is 14.1. The molecule has 2 N–H and O–H groups in total. The molecule has 4 rings (SSSR count). The number of rotatable bonds is 4. The van der Waals surface area contributed by atoms with Crippen LogP contribution in [0.1, 0.15) is 5.69 Å². The zero-order valence-corrected chi connectivity index (χ0v) is 17.0. The summed E-state index contributed by atoms with van der Waals surface area (Å²) in [6.07, 6.45) is 0.120. The van der Waals surface area contributed by atoms with E-state index in [0.29, 0.717) is 54.3 Å². The first-order valence-electron chi connectivity index (χ1n) is 9.45. The summed E-state index contributed by atoms with van der Waals surface area (Å²) in [7, 11) is 2.04. The molecule has 1 saturated heterocycles. The molecule has 0 bridgehead atoms. The molecular formula is C19H23N5O4S. The van der Waals surface area contributed by atoms with Gasteiger partial charge in [0.1, 0.15) is 13.2 Å². The number of urea groups is 1. The van der Waals surface area contributed by atoms with Gasteiger partial charge in [-0.05, 0) is 19.2 Å². The summed E-state index contributed by atoms with van der Waals surface area (Å²) in [6, 6.07) is 5.14. The Bertz CT molecular complexity index is 894. The van der Waals surface area contributed by atoms with Gasteiger partial charge in [0.05, 0.1) is 12.1 Å². The summed E-state index contributed by atoms with van der Waals surface area (Å²) in [5.41, 5.74) is 1.25. The number of hydrogen-bond acceptors (Lipinski definition) is 7. The number of ether oxygens (including phenoxy) is 2. The number of anilines is 2. The van der Waals surface area contributed by atoms with Crippen LogP contribution >= 0.6 is 11.3 Å². The van der Waals surface area contributed by atoms with Crippen LogP contribution in [0.15, 0.2) is 23.6 Å². The normalized spacial score (nSPS) is 16.4. The van der Waals surface area contributed by atoms with E-state index in [2.05, 4.69) is 20.5 Å². The molecule has 3 heterocycles. The minimum atomic E-state index is -0.191. The first-order valence-corrected chi connectivity index (χ1v) is 10.3. The van der Waals surface area contributed by atoms with Gasteiger partial charge in [0.2, 0.25) is 5.91 Å². The second-order valence-electron chi connectivity index (χ2n) is 6.95. The molecule has 2 aliphatic heterocycles. The molecule has 0 atom stereocenters. The van der Waals surface area contributed by atoms with Crippen molar-refractivity contribution in [2.24, 2.45) is 0 Å². The van der Waals surface area contributed by atoms with Gasteiger partial charge in [-0.25, -0.2) is 9.78 Å². The highest BCUT2D eigenvalue weighted by Gasteiger charge is 2.20. The average Bonchev–Trinajstić information content (AvgIpc) is 3.14. The van der Waals surface area contributed by atoms with E-state index in [4.69, 9.17) is 9.47 Å². The van der Waals surface area contributed by atoms with Crippen LogP contribution in [-0.4, -0.2) is 73.2 Å². The summed E-state index contributed by atoms with van der Waals surface area (Å²) in [6.45, 7) is 4.12. The van der Waals surface area contributed by atoms with Crippen LogP contribution in [0.3, 0.4) is 0 Å². The predicted octanol–water partition coefficient (Wildman–Crippen LogP) is 1.87. The summed E-state index contributed by atoms with van der Waals surface area (Å²) in [5, 5.41) is 7.93. The maximum atomic E-state index is 12.3. The van der Waals surface area contributed by atoms with Crippen LogP contribution in [0.4, 0.5) is 15.6 Å². The van der Waals surface area contributed by atoms with Gasteiger partial charge in [0.25, 0.3) is 0 Å². The molecule has 29 heavy (non-hydrogen) atoms. The Hall–Kier alpha value is -2.85. The summed E-state index contributed by atoms with van der Waals surface area (Å²) in [4.78, 5) is 33.0. The Morgan fingerprint density at radius 2 is 1.86 bits per heavy atom. The summed E-state index contributed by atoms with van der Waals surface area (Å²) in [5.74, 6) is 1.11. The van der Waals surface area contributed by atoms with Gasteiger partial charge in [-0.2, -0.15) is 0 Å². The van der Waals surface area contributed by atoms with E-state index in [1.54, 1.807) is 28.5 Å². The van der Waals surface area contributed by atoms with E-state index in [9.17, 15) is 9.59 Å². The second-order valence-corrected chi connectivity index (χ2v) is 7.81. The van der Waals surface area contributed by atoms with Gasteiger partial charge in [-0.1, -0.05) is 0 Å². The molecule has 1 aromatic heterocycles. The molecule has 0 unspecified atom stereocenters. The van der Waals surface area contributed by atoms with Crippen molar-refractivity contribution in [1.29, 1.82) is 0 Å². The Labute approximate surface area is 172 Å². The highest BCUT2D eigenvalue weighted by Crippen LogP contribution is 2.32. The van der Waals surface area contributed by atoms with Crippen molar-refractivity contribution >= 4 is 34.1 Å². The maximum absolute atomic E-state index is 12.3. The number of fused-ring (bicyclic) bond motifs is 1. The quantitative estimate of drug-likeness (QED) is 0.789. The molecule has 1 aromatic carbocycles. The zero-order valence-electron chi connectivity index (χ0n) is 16.1. The van der Waals surface area contributed by atoms with E-state index in [0.717, 1.165) is 13.1 Å². The van der Waals surface area contributed by atoms with Gasteiger partial charge >= 0.3 is 6.03 Å². The van der Waals surface area contributed by atoms with Crippen molar-refractivity contribution in [3.63, 3.8) is 0 Å². The molecule has 3 amide bonds. The number of carbonyl (C=O) groups excluding carboxylic acids is 2. The zero-order chi connectivity index (χ0) is 20.2. The fourth-order valence-electron chi connectivity index (χ4n) is 3.12. The van der Waals surface area contributed by atoms with Gasteiger partial charge in [0, 0.05) is 43.3 Å². The van der Waals surface area contributed by atoms with Gasteiger partial charge in [0.15, 0.2) is 16.6 Å². The van der Waals surface area contributed by atoms with Crippen LogP contribution in [0, 0.1) is 0 Å². The molecule has 1 fully saturated rings. The lowest BCUT2D eigenvalue weighted by Gasteiger charge is -2.32. The second kappa shape index (κ2) is 8.66. The largest absolute Gasteiger partial charge is 0.486 e. The number of thiazole rings is 1. The minimum Gasteiger partial charge on any atom is -0.486 e. The Morgan fingerprint density at radius 3 is 2.66 bits per heavy atom. The van der Waals surface area contributed by atoms with Gasteiger partial charge in [-0.3, -0.25) is 10.1 Å². The molecule has 9 nitrogen and oxygen atoms in total. The SMILES string of the molecule is CN1CCN(C(=O)Nc2nc(CC(=O)Nc3ccc4c(c3)OCCO4)cs2)CC1. The number of nitrogens with one attached hydrogen (secondary N) is 2. The lowest BCUT2D eigenvalue weighted by atomic mass is 10.2. The third-order valence-electron chi connectivity index (χ3n) is 4.72. The number of likely N-dealkylation sites (N-methyl/N-ethyl adjacent to an activating group) is 1. The highest BCUT2D eigenvalue weighted by molar-refractivity contribution is 7.13. The van der Waals surface area contributed by atoms with E-state index in [1.807, 2.05) is 7.05 Å². The highest BCUT2D eigenvalue weighted by atomic mass is 32.1. The van der Waals surface area contributed by atoms with Gasteiger partial charge < -0.3 is 24.6 Å². The fraction of sp³-hybridized carbons (Fsp3) is 0.421. The number of carbonyl (C=O) groups is 2. The lowest BCUT2D eigenvalue weighted by Crippen LogP contribution is -2.48. The molecule has 0 radical (unpaired) electrons. The van der Waals surface area contributed by atoms with Crippen LogP contribution in [0.25, 0.3) is 0 Å². The number of aromatic nitrogens is 1. The lowest BCUT2D eigenvalue weighted by molar-refractivity contribution is -0.115. The fourth-order valence-corrected chi connectivity index (χ4v) is 3.82. The summed E-state index contributed by atoms with van der Waals surface area (Å²) >= 11 is 1.31. The minimum absolute atomic E-state index is 0.120. The predicted molar refractivity (Wildman–Crippen MR) is 110 cm³/mol. The number of piperazine rings is 1. The topological polar surface area (TPSA) is 96.0 Å². The van der Waals surface area contributed by atoms with Crippen LogP contribution in [0.5, 0.6) is 11.5 Å². The maximum Gasteiger partial charge on any atom is 0.323 e. The molecule has 0 aliphatic carbocycles. The Balaban J connectivity index is 1.29. The molecule has 2 aliphatic rings. The van der Waals surface area contributed by atoms with E-state index < -0.39 is 0 Å². The van der Waals surface area contributed by atoms with Gasteiger partial charge in [-0.15, -0.1) is 11.3 Å². The smallest absolute Gasteiger partial charge is 0.323 e. The van der Waals surface area contributed by atoms with Crippen molar-refractivity contribution in [1.82, 2.24) is 14.8 Å². The molecule has 154 valence electrons. The van der Waals surface area contributed by atoms with Crippen molar-refractivity contribution in [2.75, 3.05) is 57.1 Å². The summed E-state index contributed by atoms with van der Waals surface area (Å²) < 4.78 is 11.0. The number of hydrogen-bond donors (Lipinski definition) is 2. The molecular weight excluding hydrogens is 394 g/mol. The molecule has 0 spiro atoms. The third kappa shape index (κ3) is 4.96. The first kappa shape index (κ1) is 19.5. The van der Waals surface area contributed by atoms with E-state index in [1.165, 1.54) is 11.3 Å².